The summed E-state index contributed by atoms with van der Waals surface area (Å²) in [6, 6.07) is 19.1. The molecule has 0 bridgehead atoms. The minimum absolute atomic E-state index is 0.0303. The van der Waals surface area contributed by atoms with Gasteiger partial charge >= 0.3 is 0 Å². The third-order valence-electron chi connectivity index (χ3n) is 3.70. The van der Waals surface area contributed by atoms with Crippen molar-refractivity contribution >= 4 is 17.6 Å². The molecule has 0 aliphatic carbocycles. The number of guanidine groups is 1. The standard InChI is InChI=1S/C19H24N4O2/c1-20-19(21-12-16(14-24)15-8-4-2-5-9-15)22-13-18(25)23-17-10-6-3-7-11-17/h2-11,16,24H,12-14H2,1H3,(H,23,25)(H2,20,21,22). The summed E-state index contributed by atoms with van der Waals surface area (Å²) in [5.41, 5.74) is 1.80. The fourth-order valence-electron chi connectivity index (χ4n) is 2.34. The number of anilines is 1. The third-order valence-corrected chi connectivity index (χ3v) is 3.70. The second-order valence-corrected chi connectivity index (χ2v) is 5.51. The van der Waals surface area contributed by atoms with Gasteiger partial charge < -0.3 is 21.1 Å². The van der Waals surface area contributed by atoms with E-state index in [1.165, 1.54) is 0 Å². The number of carbonyl (C=O) groups excluding carboxylic acids is 1. The second kappa shape index (κ2) is 10.1. The number of benzene rings is 2. The smallest absolute Gasteiger partial charge is 0.243 e. The van der Waals surface area contributed by atoms with Crippen molar-refractivity contribution in [2.75, 3.05) is 32.1 Å². The normalized spacial score (nSPS) is 12.3. The molecule has 1 atom stereocenters. The van der Waals surface area contributed by atoms with Crippen molar-refractivity contribution in [1.82, 2.24) is 10.6 Å². The summed E-state index contributed by atoms with van der Waals surface area (Å²) in [6.07, 6.45) is 0. The number of aliphatic hydroxyl groups excluding tert-OH is 1. The molecule has 0 aliphatic rings. The van der Waals surface area contributed by atoms with Crippen LogP contribution in [0.15, 0.2) is 65.7 Å². The summed E-state index contributed by atoms with van der Waals surface area (Å²) >= 11 is 0. The Morgan fingerprint density at radius 1 is 1.04 bits per heavy atom. The topological polar surface area (TPSA) is 85.8 Å². The van der Waals surface area contributed by atoms with Crippen LogP contribution in [-0.2, 0) is 4.79 Å². The molecule has 25 heavy (non-hydrogen) atoms. The van der Waals surface area contributed by atoms with Gasteiger partial charge in [0.2, 0.25) is 5.91 Å². The van der Waals surface area contributed by atoms with E-state index >= 15 is 0 Å². The molecule has 0 heterocycles. The first-order valence-corrected chi connectivity index (χ1v) is 8.18. The van der Waals surface area contributed by atoms with Crippen LogP contribution in [0.2, 0.25) is 0 Å². The van der Waals surface area contributed by atoms with Crippen LogP contribution in [0.3, 0.4) is 0 Å². The first-order chi connectivity index (χ1) is 12.2. The molecule has 0 saturated heterocycles. The molecule has 0 saturated carbocycles. The minimum atomic E-state index is -0.157. The number of carbonyl (C=O) groups is 1. The summed E-state index contributed by atoms with van der Waals surface area (Å²) in [7, 11) is 1.64. The Bertz CT molecular complexity index is 674. The number of hydrogen-bond donors (Lipinski definition) is 4. The Balaban J connectivity index is 1.79. The number of para-hydroxylation sites is 1. The van der Waals surface area contributed by atoms with Crippen LogP contribution in [0.25, 0.3) is 0 Å². The number of aliphatic hydroxyl groups is 1. The summed E-state index contributed by atoms with van der Waals surface area (Å²) in [5.74, 6) is 0.311. The van der Waals surface area contributed by atoms with E-state index in [0.29, 0.717) is 12.5 Å². The van der Waals surface area contributed by atoms with Gasteiger partial charge in [-0.15, -0.1) is 0 Å². The maximum Gasteiger partial charge on any atom is 0.243 e. The van der Waals surface area contributed by atoms with Gasteiger partial charge in [0, 0.05) is 25.2 Å². The number of amides is 1. The van der Waals surface area contributed by atoms with Crippen LogP contribution in [0.5, 0.6) is 0 Å². The van der Waals surface area contributed by atoms with Crippen molar-refractivity contribution in [2.45, 2.75) is 5.92 Å². The van der Waals surface area contributed by atoms with Gasteiger partial charge in [0.15, 0.2) is 5.96 Å². The van der Waals surface area contributed by atoms with E-state index in [1.54, 1.807) is 7.05 Å². The minimum Gasteiger partial charge on any atom is -0.396 e. The highest BCUT2D eigenvalue weighted by atomic mass is 16.3. The van der Waals surface area contributed by atoms with Gasteiger partial charge in [0.05, 0.1) is 13.2 Å². The molecule has 2 aromatic carbocycles. The van der Waals surface area contributed by atoms with Crippen molar-refractivity contribution in [3.8, 4) is 0 Å². The van der Waals surface area contributed by atoms with Gasteiger partial charge in [0.25, 0.3) is 0 Å². The van der Waals surface area contributed by atoms with Crippen molar-refractivity contribution in [1.29, 1.82) is 0 Å². The molecule has 4 N–H and O–H groups in total. The van der Waals surface area contributed by atoms with Crippen LogP contribution in [0, 0.1) is 0 Å². The Hall–Kier alpha value is -2.86. The number of nitrogens with one attached hydrogen (secondary N) is 3. The van der Waals surface area contributed by atoms with Crippen molar-refractivity contribution < 1.29 is 9.90 Å². The van der Waals surface area contributed by atoms with Gasteiger partial charge in [-0.1, -0.05) is 48.5 Å². The summed E-state index contributed by atoms with van der Waals surface area (Å²) in [4.78, 5) is 16.1. The lowest BCUT2D eigenvalue weighted by Crippen LogP contribution is -2.43. The number of nitrogens with zero attached hydrogens (tertiary/aromatic N) is 1. The van der Waals surface area contributed by atoms with Crippen molar-refractivity contribution in [3.05, 3.63) is 66.2 Å². The zero-order chi connectivity index (χ0) is 17.9. The van der Waals surface area contributed by atoms with Gasteiger partial charge in [-0.05, 0) is 17.7 Å². The highest BCUT2D eigenvalue weighted by Crippen LogP contribution is 2.13. The fourth-order valence-corrected chi connectivity index (χ4v) is 2.34. The van der Waals surface area contributed by atoms with Crippen LogP contribution in [0.4, 0.5) is 5.69 Å². The zero-order valence-corrected chi connectivity index (χ0v) is 14.3. The van der Waals surface area contributed by atoms with E-state index in [2.05, 4.69) is 20.9 Å². The molecule has 132 valence electrons. The number of rotatable bonds is 7. The lowest BCUT2D eigenvalue weighted by molar-refractivity contribution is -0.115. The molecular weight excluding hydrogens is 316 g/mol. The van der Waals surface area contributed by atoms with Crippen molar-refractivity contribution in [2.24, 2.45) is 4.99 Å². The first kappa shape index (κ1) is 18.5. The predicted octanol–water partition coefficient (Wildman–Crippen LogP) is 1.57. The quantitative estimate of drug-likeness (QED) is 0.455. The van der Waals surface area contributed by atoms with E-state index in [9.17, 15) is 9.90 Å². The third kappa shape index (κ3) is 6.27. The van der Waals surface area contributed by atoms with Crippen molar-refractivity contribution in [3.63, 3.8) is 0 Å². The molecule has 0 spiro atoms. The molecule has 1 amide bonds. The Morgan fingerprint density at radius 2 is 1.68 bits per heavy atom. The van der Waals surface area contributed by atoms with Gasteiger partial charge in [-0.2, -0.15) is 0 Å². The van der Waals surface area contributed by atoms with Crippen LogP contribution < -0.4 is 16.0 Å². The zero-order valence-electron chi connectivity index (χ0n) is 14.3. The second-order valence-electron chi connectivity index (χ2n) is 5.51. The van der Waals surface area contributed by atoms with Gasteiger partial charge in [-0.25, -0.2) is 0 Å². The monoisotopic (exact) mass is 340 g/mol. The lowest BCUT2D eigenvalue weighted by Gasteiger charge is -2.18. The van der Waals surface area contributed by atoms with E-state index in [0.717, 1.165) is 11.3 Å². The summed E-state index contributed by atoms with van der Waals surface area (Å²) in [6.45, 7) is 0.646. The number of hydrogen-bond acceptors (Lipinski definition) is 3. The predicted molar refractivity (Wildman–Crippen MR) is 101 cm³/mol. The Kier molecular flexibility index (Phi) is 7.46. The molecule has 0 fully saturated rings. The Labute approximate surface area is 148 Å². The first-order valence-electron chi connectivity index (χ1n) is 8.18. The SMILES string of the molecule is CN=C(NCC(=O)Nc1ccccc1)NCC(CO)c1ccccc1. The Morgan fingerprint density at radius 3 is 2.28 bits per heavy atom. The summed E-state index contributed by atoms with van der Waals surface area (Å²) < 4.78 is 0. The van der Waals surface area contributed by atoms with Crippen LogP contribution >= 0.6 is 0 Å². The molecule has 6 heteroatoms. The lowest BCUT2D eigenvalue weighted by atomic mass is 10.0. The molecule has 6 nitrogen and oxygen atoms in total. The van der Waals surface area contributed by atoms with Crippen LogP contribution in [-0.4, -0.2) is 43.7 Å². The molecular formula is C19H24N4O2. The number of aliphatic imine (C=N–C) groups is 1. The van der Waals surface area contributed by atoms with E-state index in [4.69, 9.17) is 0 Å². The van der Waals surface area contributed by atoms with E-state index < -0.39 is 0 Å². The highest BCUT2D eigenvalue weighted by Gasteiger charge is 2.11. The van der Waals surface area contributed by atoms with Gasteiger partial charge in [0.1, 0.15) is 0 Å². The summed E-state index contributed by atoms with van der Waals surface area (Å²) in [5, 5.41) is 18.5. The fraction of sp³-hybridized carbons (Fsp3) is 0.263. The molecule has 0 aliphatic heterocycles. The van der Waals surface area contributed by atoms with E-state index in [-0.39, 0.29) is 25.0 Å². The maximum absolute atomic E-state index is 12.0. The highest BCUT2D eigenvalue weighted by molar-refractivity contribution is 5.94. The molecule has 2 aromatic rings. The van der Waals surface area contributed by atoms with E-state index in [1.807, 2.05) is 60.7 Å². The molecule has 0 radical (unpaired) electrons. The molecule has 1 unspecified atom stereocenters. The average Bonchev–Trinajstić information content (AvgIpc) is 2.66. The van der Waals surface area contributed by atoms with Crippen LogP contribution in [0.1, 0.15) is 11.5 Å². The molecule has 0 aromatic heterocycles. The van der Waals surface area contributed by atoms with Gasteiger partial charge in [-0.3, -0.25) is 9.79 Å². The largest absolute Gasteiger partial charge is 0.396 e. The molecule has 2 rings (SSSR count). The maximum atomic E-state index is 12.0. The average molecular weight is 340 g/mol.